The third-order valence-corrected chi connectivity index (χ3v) is 4.05. The highest BCUT2D eigenvalue weighted by Gasteiger charge is 2.25. The van der Waals surface area contributed by atoms with E-state index in [9.17, 15) is 9.90 Å². The lowest BCUT2D eigenvalue weighted by Gasteiger charge is -2.18. The summed E-state index contributed by atoms with van der Waals surface area (Å²) in [7, 11) is 1.71. The molecule has 4 heteroatoms. The van der Waals surface area contributed by atoms with Crippen LogP contribution in [0.2, 0.25) is 0 Å². The minimum atomic E-state index is -1.40. The van der Waals surface area contributed by atoms with Crippen molar-refractivity contribution in [2.45, 2.75) is 45.8 Å². The van der Waals surface area contributed by atoms with Gasteiger partial charge < -0.3 is 14.6 Å². The number of rotatable bonds is 10. The highest BCUT2D eigenvalue weighted by atomic mass is 16.5. The standard InChI is InChI=1S/C22H30O4/c1-7-9-18(13-10-16(3)20(8-2)25-6)26-19-14-11-17(12-15-19)21(23)22(4,5)24/h7,9-16,20,24H,1,8H2,2-6H3/b13-10-,18-9+. The van der Waals surface area contributed by atoms with Gasteiger partial charge in [-0.05, 0) is 56.7 Å². The maximum atomic E-state index is 12.1. The number of Topliss-reactive ketones (excluding diaryl/α,β-unsaturated/α-hetero) is 1. The van der Waals surface area contributed by atoms with Gasteiger partial charge in [0.2, 0.25) is 0 Å². The SMILES string of the molecule is C=C/C=C(\C=C/C(C)C(CC)OC)Oc1ccc(C(=O)C(C)(C)O)cc1. The monoisotopic (exact) mass is 358 g/mol. The molecule has 1 N–H and O–H groups in total. The van der Waals surface area contributed by atoms with Gasteiger partial charge in [0.05, 0.1) is 6.10 Å². The van der Waals surface area contributed by atoms with Gasteiger partial charge in [0.15, 0.2) is 5.78 Å². The van der Waals surface area contributed by atoms with Crippen LogP contribution in [0.1, 0.15) is 44.5 Å². The number of hydrogen-bond acceptors (Lipinski definition) is 4. The molecule has 0 bridgehead atoms. The summed E-state index contributed by atoms with van der Waals surface area (Å²) < 4.78 is 11.3. The summed E-state index contributed by atoms with van der Waals surface area (Å²) in [5, 5.41) is 9.81. The van der Waals surface area contributed by atoms with Crippen molar-refractivity contribution >= 4 is 5.78 Å². The van der Waals surface area contributed by atoms with E-state index in [1.54, 1.807) is 43.5 Å². The largest absolute Gasteiger partial charge is 0.457 e. The number of carbonyl (C=O) groups is 1. The number of aliphatic hydroxyl groups is 1. The van der Waals surface area contributed by atoms with Crippen molar-refractivity contribution in [3.8, 4) is 5.75 Å². The van der Waals surface area contributed by atoms with Crippen LogP contribution in [-0.2, 0) is 4.74 Å². The Labute approximate surface area is 156 Å². The first kappa shape index (κ1) is 21.9. The van der Waals surface area contributed by atoms with Crippen LogP contribution in [0.3, 0.4) is 0 Å². The average molecular weight is 358 g/mol. The third kappa shape index (κ3) is 6.62. The lowest BCUT2D eigenvalue weighted by Crippen LogP contribution is -2.30. The molecule has 0 amide bonds. The van der Waals surface area contributed by atoms with Gasteiger partial charge in [-0.2, -0.15) is 0 Å². The minimum absolute atomic E-state index is 0.156. The normalized spacial score (nSPS) is 14.9. The second kappa shape index (κ2) is 10.1. The molecular weight excluding hydrogens is 328 g/mol. The number of hydrogen-bond donors (Lipinski definition) is 1. The molecule has 0 aliphatic carbocycles. The third-order valence-electron chi connectivity index (χ3n) is 4.05. The van der Waals surface area contributed by atoms with Crippen LogP contribution >= 0.6 is 0 Å². The molecule has 0 saturated heterocycles. The van der Waals surface area contributed by atoms with E-state index in [2.05, 4.69) is 20.4 Å². The van der Waals surface area contributed by atoms with Crippen LogP contribution in [0.25, 0.3) is 0 Å². The van der Waals surface area contributed by atoms with Gasteiger partial charge in [-0.25, -0.2) is 0 Å². The maximum Gasteiger partial charge on any atom is 0.193 e. The fourth-order valence-electron chi connectivity index (χ4n) is 2.53. The zero-order valence-corrected chi connectivity index (χ0v) is 16.4. The summed E-state index contributed by atoms with van der Waals surface area (Å²) in [4.78, 5) is 12.1. The van der Waals surface area contributed by atoms with E-state index < -0.39 is 5.60 Å². The van der Waals surface area contributed by atoms with Crippen molar-refractivity contribution in [2.75, 3.05) is 7.11 Å². The van der Waals surface area contributed by atoms with Gasteiger partial charge in [-0.15, -0.1) is 0 Å². The zero-order valence-electron chi connectivity index (χ0n) is 16.4. The van der Waals surface area contributed by atoms with Crippen molar-refractivity contribution in [1.82, 2.24) is 0 Å². The number of benzene rings is 1. The summed E-state index contributed by atoms with van der Waals surface area (Å²) in [5.74, 6) is 1.15. The Morgan fingerprint density at radius 2 is 1.92 bits per heavy atom. The van der Waals surface area contributed by atoms with E-state index in [0.29, 0.717) is 17.1 Å². The Hall–Kier alpha value is -2.17. The summed E-state index contributed by atoms with van der Waals surface area (Å²) in [6.07, 6.45) is 8.45. The molecule has 0 spiro atoms. The van der Waals surface area contributed by atoms with Gasteiger partial charge in [-0.3, -0.25) is 4.79 Å². The predicted molar refractivity (Wildman–Crippen MR) is 105 cm³/mol. The highest BCUT2D eigenvalue weighted by molar-refractivity contribution is 6.01. The molecule has 0 saturated carbocycles. The lowest BCUT2D eigenvalue weighted by atomic mass is 9.97. The van der Waals surface area contributed by atoms with Crippen LogP contribution in [0.5, 0.6) is 5.75 Å². The van der Waals surface area contributed by atoms with Crippen LogP contribution in [0.4, 0.5) is 0 Å². The molecule has 2 unspecified atom stereocenters. The molecule has 0 aliphatic rings. The highest BCUT2D eigenvalue weighted by Crippen LogP contribution is 2.20. The summed E-state index contributed by atoms with van der Waals surface area (Å²) in [5.41, 5.74) is -0.957. The van der Waals surface area contributed by atoms with Gasteiger partial charge >= 0.3 is 0 Å². The Kier molecular flexibility index (Phi) is 8.49. The van der Waals surface area contributed by atoms with Gasteiger partial charge in [0.25, 0.3) is 0 Å². The van der Waals surface area contributed by atoms with E-state index in [0.717, 1.165) is 6.42 Å². The van der Waals surface area contributed by atoms with Crippen LogP contribution in [0.15, 0.2) is 60.9 Å². The molecule has 1 aromatic rings. The Balaban J connectivity index is 2.87. The quantitative estimate of drug-likeness (QED) is 0.374. The second-order valence-electron chi connectivity index (χ2n) is 6.72. The predicted octanol–water partition coefficient (Wildman–Crippen LogP) is 4.71. The number of ether oxygens (including phenoxy) is 2. The fraction of sp³-hybridized carbons (Fsp3) is 0.409. The summed E-state index contributed by atoms with van der Waals surface area (Å²) in [6, 6.07) is 6.70. The molecule has 0 radical (unpaired) electrons. The topological polar surface area (TPSA) is 55.8 Å². The lowest BCUT2D eigenvalue weighted by molar-refractivity contribution is 0.0488. The Morgan fingerprint density at radius 1 is 1.31 bits per heavy atom. The number of ketones is 1. The van der Waals surface area contributed by atoms with E-state index in [-0.39, 0.29) is 17.8 Å². The molecule has 1 aromatic carbocycles. The van der Waals surface area contributed by atoms with Crippen molar-refractivity contribution in [1.29, 1.82) is 0 Å². The van der Waals surface area contributed by atoms with Crippen LogP contribution < -0.4 is 4.74 Å². The molecule has 0 fully saturated rings. The Morgan fingerprint density at radius 3 is 2.38 bits per heavy atom. The van der Waals surface area contributed by atoms with Gasteiger partial charge in [0.1, 0.15) is 17.1 Å². The van der Waals surface area contributed by atoms with E-state index in [1.165, 1.54) is 13.8 Å². The van der Waals surface area contributed by atoms with Crippen molar-refractivity contribution in [3.63, 3.8) is 0 Å². The molecule has 4 nitrogen and oxygen atoms in total. The van der Waals surface area contributed by atoms with E-state index in [1.807, 2.05) is 12.2 Å². The maximum absolute atomic E-state index is 12.1. The second-order valence-corrected chi connectivity index (χ2v) is 6.72. The van der Waals surface area contributed by atoms with E-state index >= 15 is 0 Å². The van der Waals surface area contributed by atoms with Crippen LogP contribution in [0, 0.1) is 5.92 Å². The number of carbonyl (C=O) groups excluding carboxylic acids is 1. The first-order valence-corrected chi connectivity index (χ1v) is 8.81. The molecule has 0 aliphatic heterocycles. The van der Waals surface area contributed by atoms with Crippen molar-refractivity contribution in [2.24, 2.45) is 5.92 Å². The van der Waals surface area contributed by atoms with Crippen molar-refractivity contribution in [3.05, 3.63) is 66.5 Å². The van der Waals surface area contributed by atoms with Gasteiger partial charge in [-0.1, -0.05) is 32.6 Å². The van der Waals surface area contributed by atoms with Crippen molar-refractivity contribution < 1.29 is 19.4 Å². The zero-order chi connectivity index (χ0) is 19.7. The molecule has 0 aromatic heterocycles. The first-order chi connectivity index (χ1) is 12.2. The molecule has 0 heterocycles. The molecule has 1 rings (SSSR count). The fourth-order valence-corrected chi connectivity index (χ4v) is 2.53. The summed E-state index contributed by atoms with van der Waals surface area (Å²) in [6.45, 7) is 10.8. The number of methoxy groups -OCH3 is 1. The number of allylic oxidation sites excluding steroid dienone is 3. The summed E-state index contributed by atoms with van der Waals surface area (Å²) >= 11 is 0. The Bertz CT molecular complexity index is 644. The van der Waals surface area contributed by atoms with E-state index in [4.69, 9.17) is 9.47 Å². The molecule has 142 valence electrons. The average Bonchev–Trinajstić information content (AvgIpc) is 2.60. The first-order valence-electron chi connectivity index (χ1n) is 8.81. The van der Waals surface area contributed by atoms with Crippen LogP contribution in [-0.4, -0.2) is 29.7 Å². The van der Waals surface area contributed by atoms with Gasteiger partial charge in [0, 0.05) is 18.6 Å². The minimum Gasteiger partial charge on any atom is -0.457 e. The molecule has 26 heavy (non-hydrogen) atoms. The molecular formula is C22H30O4. The molecule has 2 atom stereocenters. The smallest absolute Gasteiger partial charge is 0.193 e.